The van der Waals surface area contributed by atoms with E-state index in [9.17, 15) is 0 Å². The maximum atomic E-state index is 6.14. The number of aromatic nitrogens is 3. The molecule has 0 aliphatic carbocycles. The van der Waals surface area contributed by atoms with Gasteiger partial charge in [0, 0.05) is 45.3 Å². The van der Waals surface area contributed by atoms with E-state index in [0.29, 0.717) is 15.8 Å². The third-order valence-corrected chi connectivity index (χ3v) is 3.87. The van der Waals surface area contributed by atoms with Crippen LogP contribution in [0.3, 0.4) is 0 Å². The van der Waals surface area contributed by atoms with E-state index in [1.54, 1.807) is 42.9 Å². The third kappa shape index (κ3) is 3.67. The van der Waals surface area contributed by atoms with Gasteiger partial charge < -0.3 is 16.2 Å². The summed E-state index contributed by atoms with van der Waals surface area (Å²) in [7, 11) is 0. The van der Waals surface area contributed by atoms with E-state index in [-0.39, 0.29) is 18.4 Å². The molecular formula is C16H13Cl2N5O. The number of anilines is 2. The highest BCUT2D eigenvalue weighted by Gasteiger charge is 2.09. The average Bonchev–Trinajstić information content (AvgIpc) is 2.56. The van der Waals surface area contributed by atoms with Crippen LogP contribution in [0.25, 0.3) is 11.1 Å². The Hall–Kier alpha value is -2.57. The quantitative estimate of drug-likeness (QED) is 0.736. The van der Waals surface area contributed by atoms with E-state index in [2.05, 4.69) is 15.0 Å². The molecule has 2 aromatic heterocycles. The Morgan fingerprint density at radius 2 is 1.62 bits per heavy atom. The molecule has 6 nitrogen and oxygen atoms in total. The summed E-state index contributed by atoms with van der Waals surface area (Å²) in [4.78, 5) is 12.1. The van der Waals surface area contributed by atoms with Crippen LogP contribution in [-0.4, -0.2) is 15.0 Å². The molecule has 0 fully saturated rings. The van der Waals surface area contributed by atoms with Crippen molar-refractivity contribution in [3.05, 3.63) is 58.5 Å². The van der Waals surface area contributed by atoms with Crippen molar-refractivity contribution >= 4 is 35.0 Å². The summed E-state index contributed by atoms with van der Waals surface area (Å²) in [6, 6.07) is 6.97. The first-order chi connectivity index (χ1) is 11.5. The molecule has 0 saturated carbocycles. The van der Waals surface area contributed by atoms with Crippen LogP contribution < -0.4 is 16.2 Å². The zero-order valence-corrected chi connectivity index (χ0v) is 13.9. The molecule has 2 heterocycles. The van der Waals surface area contributed by atoms with E-state index >= 15 is 0 Å². The summed E-state index contributed by atoms with van der Waals surface area (Å²) in [6.45, 7) is 0.240. The highest BCUT2D eigenvalue weighted by Crippen LogP contribution is 2.28. The zero-order chi connectivity index (χ0) is 17.1. The minimum Gasteiger partial charge on any atom is -0.485 e. The Morgan fingerprint density at radius 1 is 0.917 bits per heavy atom. The van der Waals surface area contributed by atoms with Crippen molar-refractivity contribution in [1.29, 1.82) is 0 Å². The van der Waals surface area contributed by atoms with Crippen LogP contribution in [-0.2, 0) is 6.61 Å². The van der Waals surface area contributed by atoms with Crippen molar-refractivity contribution < 1.29 is 4.74 Å². The zero-order valence-electron chi connectivity index (χ0n) is 12.4. The van der Waals surface area contributed by atoms with Crippen molar-refractivity contribution in [1.82, 2.24) is 15.0 Å². The number of rotatable bonds is 4. The summed E-state index contributed by atoms with van der Waals surface area (Å²) < 4.78 is 5.75. The van der Waals surface area contributed by atoms with Crippen LogP contribution in [0.5, 0.6) is 5.75 Å². The number of nitrogens with zero attached hydrogens (tertiary/aromatic N) is 3. The van der Waals surface area contributed by atoms with Crippen molar-refractivity contribution in [2.75, 3.05) is 11.5 Å². The molecule has 1 aromatic carbocycles. The second-order valence-corrected chi connectivity index (χ2v) is 5.81. The highest BCUT2D eigenvalue weighted by molar-refractivity contribution is 6.35. The maximum Gasteiger partial charge on any atom is 0.219 e. The minimum absolute atomic E-state index is 0.205. The van der Waals surface area contributed by atoms with Gasteiger partial charge in [0.2, 0.25) is 5.95 Å². The fourth-order valence-electron chi connectivity index (χ4n) is 2.01. The van der Waals surface area contributed by atoms with Gasteiger partial charge in [0.1, 0.15) is 6.61 Å². The molecule has 122 valence electrons. The fourth-order valence-corrected chi connectivity index (χ4v) is 2.47. The molecular weight excluding hydrogens is 349 g/mol. The molecule has 8 heteroatoms. The Kier molecular flexibility index (Phi) is 4.69. The van der Waals surface area contributed by atoms with Gasteiger partial charge in [0.15, 0.2) is 11.6 Å². The van der Waals surface area contributed by atoms with Crippen LogP contribution in [0.2, 0.25) is 10.0 Å². The minimum atomic E-state index is 0.205. The van der Waals surface area contributed by atoms with Gasteiger partial charge in [0.05, 0.1) is 0 Å². The summed E-state index contributed by atoms with van der Waals surface area (Å²) in [6.07, 6.45) is 4.83. The first-order valence-electron chi connectivity index (χ1n) is 6.93. The second kappa shape index (κ2) is 6.90. The molecule has 4 N–H and O–H groups in total. The van der Waals surface area contributed by atoms with E-state index in [4.69, 9.17) is 39.4 Å². The Bertz CT molecular complexity index is 871. The van der Waals surface area contributed by atoms with Gasteiger partial charge in [-0.15, -0.1) is 0 Å². The molecule has 24 heavy (non-hydrogen) atoms. The third-order valence-electron chi connectivity index (χ3n) is 3.29. The summed E-state index contributed by atoms with van der Waals surface area (Å²) in [5.74, 6) is 0.923. The maximum absolute atomic E-state index is 6.14. The first-order valence-corrected chi connectivity index (χ1v) is 7.68. The number of nitrogen functional groups attached to an aromatic ring is 2. The topological polar surface area (TPSA) is 99.9 Å². The summed E-state index contributed by atoms with van der Waals surface area (Å²) in [5, 5.41) is 1.09. The van der Waals surface area contributed by atoms with Gasteiger partial charge in [-0.3, -0.25) is 0 Å². The lowest BCUT2D eigenvalue weighted by Gasteiger charge is -2.11. The fraction of sp³-hybridized carbons (Fsp3) is 0.0625. The van der Waals surface area contributed by atoms with Gasteiger partial charge in [-0.25, -0.2) is 15.0 Å². The molecule has 0 radical (unpaired) electrons. The van der Waals surface area contributed by atoms with Gasteiger partial charge in [-0.05, 0) is 18.2 Å². The van der Waals surface area contributed by atoms with E-state index < -0.39 is 0 Å². The number of ether oxygens (including phenoxy) is 1. The molecule has 0 bridgehead atoms. The standard InChI is InChI=1S/C16H13Cl2N5O/c17-12-2-1-9(13(18)4-12)8-24-14-3-10(5-21-15(14)19)11-6-22-16(20)23-7-11/h1-7H,8H2,(H2,19,21)(H2,20,22,23). The predicted octanol–water partition coefficient (Wildman–Crippen LogP) is 3.59. The first kappa shape index (κ1) is 16.3. The number of nitrogens with two attached hydrogens (primary N) is 2. The van der Waals surface area contributed by atoms with Crippen LogP contribution >= 0.6 is 23.2 Å². The number of benzene rings is 1. The molecule has 0 aliphatic heterocycles. The molecule has 3 aromatic rings. The van der Waals surface area contributed by atoms with Crippen LogP contribution in [0.15, 0.2) is 42.9 Å². The Morgan fingerprint density at radius 3 is 2.33 bits per heavy atom. The van der Waals surface area contributed by atoms with Crippen LogP contribution in [0, 0.1) is 0 Å². The molecule has 0 saturated heterocycles. The molecule has 3 rings (SSSR count). The molecule has 0 unspecified atom stereocenters. The van der Waals surface area contributed by atoms with Crippen LogP contribution in [0.4, 0.5) is 11.8 Å². The molecule has 0 aliphatic rings. The summed E-state index contributed by atoms with van der Waals surface area (Å²) >= 11 is 12.0. The van der Waals surface area contributed by atoms with Crippen molar-refractivity contribution in [3.8, 4) is 16.9 Å². The van der Waals surface area contributed by atoms with Gasteiger partial charge in [0.25, 0.3) is 0 Å². The van der Waals surface area contributed by atoms with Crippen molar-refractivity contribution in [2.24, 2.45) is 0 Å². The second-order valence-electron chi connectivity index (χ2n) is 4.96. The normalized spacial score (nSPS) is 10.6. The average molecular weight is 362 g/mol. The van der Waals surface area contributed by atoms with Gasteiger partial charge in [-0.2, -0.15) is 0 Å². The smallest absolute Gasteiger partial charge is 0.219 e. The molecule has 0 atom stereocenters. The van der Waals surface area contributed by atoms with Gasteiger partial charge in [-0.1, -0.05) is 29.3 Å². The van der Waals surface area contributed by atoms with Crippen LogP contribution in [0.1, 0.15) is 5.56 Å². The SMILES string of the molecule is Nc1ncc(-c2cnc(N)c(OCc3ccc(Cl)cc3Cl)c2)cn1. The predicted molar refractivity (Wildman–Crippen MR) is 94.9 cm³/mol. The lowest BCUT2D eigenvalue weighted by Crippen LogP contribution is -2.02. The van der Waals surface area contributed by atoms with Crippen molar-refractivity contribution in [3.63, 3.8) is 0 Å². The number of halogens is 2. The number of pyridine rings is 1. The molecule has 0 amide bonds. The number of hydrogen-bond acceptors (Lipinski definition) is 6. The summed E-state index contributed by atoms with van der Waals surface area (Å²) in [5.41, 5.74) is 13.7. The largest absolute Gasteiger partial charge is 0.485 e. The Balaban J connectivity index is 1.82. The Labute approximate surface area is 148 Å². The van der Waals surface area contributed by atoms with E-state index in [1.807, 2.05) is 0 Å². The lowest BCUT2D eigenvalue weighted by molar-refractivity contribution is 0.307. The lowest BCUT2D eigenvalue weighted by atomic mass is 10.1. The van der Waals surface area contributed by atoms with Crippen molar-refractivity contribution in [2.45, 2.75) is 6.61 Å². The number of hydrogen-bond donors (Lipinski definition) is 2. The molecule has 0 spiro atoms. The highest BCUT2D eigenvalue weighted by atomic mass is 35.5. The van der Waals surface area contributed by atoms with E-state index in [0.717, 1.165) is 16.7 Å². The monoisotopic (exact) mass is 361 g/mol. The van der Waals surface area contributed by atoms with Gasteiger partial charge >= 0.3 is 0 Å². The van der Waals surface area contributed by atoms with E-state index in [1.165, 1.54) is 0 Å².